The van der Waals surface area contributed by atoms with Crippen molar-refractivity contribution in [1.29, 1.82) is 0 Å². The highest BCUT2D eigenvalue weighted by atomic mass is 35.5. The normalized spacial score (nSPS) is 11.7. The predicted octanol–water partition coefficient (Wildman–Crippen LogP) is 2.41. The number of hydrogen-bond acceptors (Lipinski definition) is 11. The van der Waals surface area contributed by atoms with Crippen LogP contribution in [-0.2, 0) is 20.2 Å². The summed E-state index contributed by atoms with van der Waals surface area (Å²) in [5.74, 6) is -1.70. The lowest BCUT2D eigenvalue weighted by atomic mass is 10.2. The zero-order valence-electron chi connectivity index (χ0n) is 20.0. The van der Waals surface area contributed by atoms with E-state index in [1.165, 1.54) is 12.1 Å². The van der Waals surface area contributed by atoms with E-state index in [1.54, 1.807) is 18.2 Å². The number of tetrazole rings is 1. The molecule has 4 aromatic rings. The average molecular weight is 661 g/mol. The van der Waals surface area contributed by atoms with E-state index >= 15 is 0 Å². The number of carbonyl (C=O) groups excluding carboxylic acids is 1. The van der Waals surface area contributed by atoms with Crippen LogP contribution in [0.25, 0.3) is 11.4 Å². The van der Waals surface area contributed by atoms with Crippen LogP contribution in [0, 0.1) is 20.2 Å². The average Bonchev–Trinajstić information content (AvgIpc) is 3.32. The van der Waals surface area contributed by atoms with Gasteiger partial charge in [-0.05, 0) is 23.0 Å². The number of amides is 1. The first-order chi connectivity index (χ1) is 19.5. The molecule has 0 spiro atoms. The number of nitro groups is 2. The molecule has 1 heterocycles. The Kier molecular flexibility index (Phi) is 7.95. The van der Waals surface area contributed by atoms with Crippen molar-refractivity contribution in [3.63, 3.8) is 0 Å². The summed E-state index contributed by atoms with van der Waals surface area (Å²) in [4.78, 5) is 32.1. The third-order valence-electron chi connectivity index (χ3n) is 5.23. The molecule has 1 amide bonds. The fraction of sp³-hybridized carbons (Fsp3) is 0. The van der Waals surface area contributed by atoms with Gasteiger partial charge in [0.05, 0.1) is 25.0 Å². The number of rotatable bonds is 8. The van der Waals surface area contributed by atoms with Crippen LogP contribution in [-0.4, -0.2) is 56.7 Å². The number of carbonyl (C=O) groups is 1. The molecule has 0 aliphatic carbocycles. The van der Waals surface area contributed by atoms with Crippen molar-refractivity contribution in [2.75, 3.05) is 5.32 Å². The number of nitrogens with one attached hydrogen (secondary N) is 1. The van der Waals surface area contributed by atoms with Gasteiger partial charge in [0.1, 0.15) is 0 Å². The van der Waals surface area contributed by atoms with Gasteiger partial charge in [-0.3, -0.25) is 34.1 Å². The maximum Gasteiger partial charge on any atom is 0.397 e. The molecule has 0 radical (unpaired) electrons. The molecule has 18 nitrogen and oxygen atoms in total. The minimum absolute atomic E-state index is 0.273. The highest BCUT2D eigenvalue weighted by molar-refractivity contribution is 7.86. The molecule has 0 saturated heterocycles. The van der Waals surface area contributed by atoms with Crippen LogP contribution in [0.2, 0.25) is 10.0 Å². The Morgan fingerprint density at radius 2 is 1.40 bits per heavy atom. The van der Waals surface area contributed by atoms with Gasteiger partial charge < -0.3 is 5.32 Å². The molecule has 0 aliphatic heterocycles. The third-order valence-corrected chi connectivity index (χ3v) is 7.60. The largest absolute Gasteiger partial charge is 0.397 e. The molecule has 0 saturated carbocycles. The minimum atomic E-state index is -5.27. The van der Waals surface area contributed by atoms with Crippen molar-refractivity contribution in [2.24, 2.45) is 0 Å². The van der Waals surface area contributed by atoms with Crippen molar-refractivity contribution in [3.05, 3.63) is 90.7 Å². The zero-order valence-corrected chi connectivity index (χ0v) is 23.2. The zero-order chi connectivity index (χ0) is 31.1. The van der Waals surface area contributed by atoms with E-state index in [2.05, 4.69) is 15.5 Å². The number of benzene rings is 3. The molecular formula is C20H12Cl2N7O11S2+. The van der Waals surface area contributed by atoms with Crippen LogP contribution < -0.4 is 10.1 Å². The van der Waals surface area contributed by atoms with E-state index in [9.17, 15) is 51.0 Å². The van der Waals surface area contributed by atoms with E-state index in [0.29, 0.717) is 33.9 Å². The highest BCUT2D eigenvalue weighted by Crippen LogP contribution is 2.33. The molecule has 3 N–H and O–H groups in total. The summed E-state index contributed by atoms with van der Waals surface area (Å²) < 4.78 is 67.0. The summed E-state index contributed by atoms with van der Waals surface area (Å²) in [5, 5.41) is 31.9. The maximum absolute atomic E-state index is 13.0. The SMILES string of the molecule is O=C(Nc1ccccc1)c1nn(-c2cc(S(=O)(=O)O)c([N+](=O)[O-])cc2Cl)[n+](-c2cc(S(=O)(=O)O)c([N+](=O)[O-])cc2Cl)n1. The predicted molar refractivity (Wildman–Crippen MR) is 140 cm³/mol. The van der Waals surface area contributed by atoms with E-state index in [4.69, 9.17) is 23.2 Å². The second-order valence-electron chi connectivity index (χ2n) is 7.93. The van der Waals surface area contributed by atoms with Crippen molar-refractivity contribution in [3.8, 4) is 11.4 Å². The van der Waals surface area contributed by atoms with Crippen LogP contribution in [0.5, 0.6) is 0 Å². The fourth-order valence-electron chi connectivity index (χ4n) is 3.46. The maximum atomic E-state index is 13.0. The van der Waals surface area contributed by atoms with E-state index < -0.39 is 84.4 Å². The molecule has 0 bridgehead atoms. The Balaban J connectivity index is 2.06. The fourth-order valence-corrected chi connectivity index (χ4v) is 5.25. The number of anilines is 1. The van der Waals surface area contributed by atoms with Gasteiger partial charge in [-0.25, -0.2) is 0 Å². The second kappa shape index (κ2) is 11.0. The number of para-hydroxylation sites is 1. The first-order valence-corrected chi connectivity index (χ1v) is 14.3. The number of nitrogens with zero attached hydrogens (tertiary/aromatic N) is 6. The monoisotopic (exact) mass is 660 g/mol. The number of nitro benzene ring substituents is 2. The Bertz CT molecular complexity index is 1900. The van der Waals surface area contributed by atoms with Crippen LogP contribution in [0.4, 0.5) is 17.1 Å². The number of hydrogen-bond donors (Lipinski definition) is 3. The van der Waals surface area contributed by atoms with Gasteiger partial charge in [-0.15, -0.1) is 0 Å². The molecule has 0 fully saturated rings. The van der Waals surface area contributed by atoms with E-state index in [0.717, 1.165) is 0 Å². The topological polar surface area (TPSA) is 259 Å². The standard InChI is InChI=1S/C20H11Cl2N7O11S2/c21-11-6-15(28(31)32)17(41(35,36)37)8-13(11)26-24-19(20(30)23-10-4-2-1-3-5-10)25-27(26)14-9-18(42(38,39)40)16(29(33)34)7-12(14)22/h1-9H,(H2-,23,30,35,36,37,38,39,40)/p+1. The van der Waals surface area contributed by atoms with Crippen LogP contribution in [0.1, 0.15) is 10.6 Å². The Morgan fingerprint density at radius 3 is 1.93 bits per heavy atom. The Hall–Kier alpha value is -4.60. The van der Waals surface area contributed by atoms with Gasteiger partial charge >= 0.3 is 32.0 Å². The van der Waals surface area contributed by atoms with E-state index in [1.807, 2.05) is 0 Å². The summed E-state index contributed by atoms with van der Waals surface area (Å²) in [6, 6.07) is 9.91. The lowest BCUT2D eigenvalue weighted by molar-refractivity contribution is -0.735. The summed E-state index contributed by atoms with van der Waals surface area (Å²) in [5.41, 5.74) is -3.16. The molecule has 3 aromatic carbocycles. The Morgan fingerprint density at radius 1 is 0.881 bits per heavy atom. The van der Waals surface area contributed by atoms with Crippen molar-refractivity contribution < 1.29 is 45.4 Å². The highest BCUT2D eigenvalue weighted by Gasteiger charge is 2.36. The van der Waals surface area contributed by atoms with Crippen LogP contribution in [0.15, 0.2) is 64.4 Å². The molecule has 4 rings (SSSR count). The minimum Gasteiger partial charge on any atom is -0.317 e. The van der Waals surface area contributed by atoms with Gasteiger partial charge in [0.25, 0.3) is 11.4 Å². The summed E-state index contributed by atoms with van der Waals surface area (Å²) in [6.45, 7) is 0. The molecule has 1 aromatic heterocycles. The molecule has 0 atom stereocenters. The molecule has 42 heavy (non-hydrogen) atoms. The number of halogens is 2. The summed E-state index contributed by atoms with van der Waals surface area (Å²) in [7, 11) is -10.5. The van der Waals surface area contributed by atoms with Gasteiger partial charge in [0.15, 0.2) is 15.5 Å². The third kappa shape index (κ3) is 6.02. The molecular weight excluding hydrogens is 649 g/mol. The summed E-state index contributed by atoms with van der Waals surface area (Å²) in [6.07, 6.45) is 0. The van der Waals surface area contributed by atoms with Gasteiger partial charge in [-0.1, -0.05) is 41.4 Å². The van der Waals surface area contributed by atoms with Crippen molar-refractivity contribution in [1.82, 2.24) is 15.0 Å². The van der Waals surface area contributed by atoms with Gasteiger partial charge in [0.2, 0.25) is 5.69 Å². The lowest BCUT2D eigenvalue weighted by Gasteiger charge is -2.07. The molecule has 22 heteroatoms. The number of aromatic nitrogens is 4. The first-order valence-electron chi connectivity index (χ1n) is 10.7. The molecule has 218 valence electrons. The van der Waals surface area contributed by atoms with Gasteiger partial charge in [0, 0.05) is 33.8 Å². The van der Waals surface area contributed by atoms with Crippen LogP contribution in [0.3, 0.4) is 0 Å². The lowest BCUT2D eigenvalue weighted by Crippen LogP contribution is -2.44. The van der Waals surface area contributed by atoms with E-state index in [-0.39, 0.29) is 5.69 Å². The Labute approximate surface area is 243 Å². The molecule has 0 unspecified atom stereocenters. The smallest absolute Gasteiger partial charge is 0.317 e. The first kappa shape index (κ1) is 30.4. The van der Waals surface area contributed by atoms with Crippen molar-refractivity contribution in [2.45, 2.75) is 9.79 Å². The van der Waals surface area contributed by atoms with Crippen molar-refractivity contribution >= 4 is 66.4 Å². The summed E-state index contributed by atoms with van der Waals surface area (Å²) >= 11 is 12.4. The van der Waals surface area contributed by atoms with Crippen LogP contribution >= 0.6 is 23.2 Å². The molecule has 0 aliphatic rings. The quantitative estimate of drug-likeness (QED) is 0.106. The second-order valence-corrected chi connectivity index (χ2v) is 11.5. The van der Waals surface area contributed by atoms with Gasteiger partial charge in [-0.2, -0.15) is 16.8 Å².